The van der Waals surface area contributed by atoms with E-state index in [4.69, 9.17) is 0 Å². The van der Waals surface area contributed by atoms with Gasteiger partial charge in [0.25, 0.3) is 0 Å². The number of aliphatic hydroxyl groups is 2. The Morgan fingerprint density at radius 3 is 2.44 bits per heavy atom. The molecule has 3 rings (SSSR count). The third-order valence-corrected chi connectivity index (χ3v) is 5.55. The molecule has 2 fully saturated rings. The smallest absolute Gasteiger partial charge is 0.388 e. The first kappa shape index (κ1) is 19.9. The Labute approximate surface area is 155 Å². The molecule has 0 aromatic carbocycles. The zero-order valence-corrected chi connectivity index (χ0v) is 15.1. The average Bonchev–Trinajstić information content (AvgIpc) is 2.63. The fourth-order valence-corrected chi connectivity index (χ4v) is 3.58. The van der Waals surface area contributed by atoms with E-state index in [9.17, 15) is 28.2 Å². The van der Waals surface area contributed by atoms with Gasteiger partial charge in [-0.3, -0.25) is 4.79 Å². The molecule has 3 heterocycles. The molecule has 0 saturated carbocycles. The lowest BCUT2D eigenvalue weighted by Gasteiger charge is -2.42. The number of carbonyl (C=O) groups excluding carboxylic acids is 1. The Morgan fingerprint density at radius 2 is 1.93 bits per heavy atom. The van der Waals surface area contributed by atoms with Crippen LogP contribution < -0.4 is 4.90 Å². The van der Waals surface area contributed by atoms with Crippen molar-refractivity contribution in [3.63, 3.8) is 0 Å². The molecule has 2 saturated heterocycles. The SMILES string of the molecule is CC1(O)CCN(C(=O)C2CCN(c3ccc(C(F)(F)F)cn3)CC2)CC1O. The lowest BCUT2D eigenvalue weighted by Crippen LogP contribution is -2.56. The molecule has 0 aliphatic carbocycles. The summed E-state index contributed by atoms with van der Waals surface area (Å²) in [5.41, 5.74) is -1.95. The van der Waals surface area contributed by atoms with E-state index in [1.165, 1.54) is 6.07 Å². The Bertz CT molecular complexity index is 671. The number of aromatic nitrogens is 1. The molecule has 1 aromatic heterocycles. The van der Waals surface area contributed by atoms with Gasteiger partial charge in [0.05, 0.1) is 17.3 Å². The zero-order valence-electron chi connectivity index (χ0n) is 15.1. The molecule has 0 spiro atoms. The van der Waals surface area contributed by atoms with Crippen molar-refractivity contribution in [2.45, 2.75) is 44.1 Å². The van der Waals surface area contributed by atoms with Gasteiger partial charge in [-0.15, -0.1) is 0 Å². The molecule has 1 aromatic rings. The van der Waals surface area contributed by atoms with E-state index < -0.39 is 23.4 Å². The summed E-state index contributed by atoms with van der Waals surface area (Å²) in [4.78, 5) is 20.1. The third kappa shape index (κ3) is 4.35. The van der Waals surface area contributed by atoms with Crippen molar-refractivity contribution in [2.75, 3.05) is 31.1 Å². The van der Waals surface area contributed by atoms with Gasteiger partial charge in [0, 0.05) is 38.3 Å². The van der Waals surface area contributed by atoms with Crippen molar-refractivity contribution in [3.8, 4) is 0 Å². The molecule has 0 bridgehead atoms. The van der Waals surface area contributed by atoms with Gasteiger partial charge < -0.3 is 20.0 Å². The number of halogens is 3. The average molecular weight is 387 g/mol. The van der Waals surface area contributed by atoms with E-state index in [-0.39, 0.29) is 18.4 Å². The summed E-state index contributed by atoms with van der Waals surface area (Å²) in [6, 6.07) is 2.37. The maximum atomic E-state index is 12.7. The first-order valence-corrected chi connectivity index (χ1v) is 9.05. The van der Waals surface area contributed by atoms with Crippen LogP contribution in [0.5, 0.6) is 0 Å². The van der Waals surface area contributed by atoms with Crippen LogP contribution in [0.1, 0.15) is 31.7 Å². The van der Waals surface area contributed by atoms with Crippen molar-refractivity contribution in [1.29, 1.82) is 0 Å². The predicted molar refractivity (Wildman–Crippen MR) is 92.0 cm³/mol. The van der Waals surface area contributed by atoms with Crippen LogP contribution in [0.15, 0.2) is 18.3 Å². The van der Waals surface area contributed by atoms with E-state index in [1.54, 1.807) is 11.8 Å². The number of likely N-dealkylation sites (tertiary alicyclic amines) is 1. The summed E-state index contributed by atoms with van der Waals surface area (Å²) in [7, 11) is 0. The number of piperidine rings is 2. The topological polar surface area (TPSA) is 76.9 Å². The van der Waals surface area contributed by atoms with Crippen LogP contribution in [-0.4, -0.2) is 63.9 Å². The predicted octanol–water partition coefficient (Wildman–Crippen LogP) is 1.66. The monoisotopic (exact) mass is 387 g/mol. The number of nitrogens with zero attached hydrogens (tertiary/aromatic N) is 3. The highest BCUT2D eigenvalue weighted by molar-refractivity contribution is 5.79. The van der Waals surface area contributed by atoms with Crippen LogP contribution in [0.2, 0.25) is 0 Å². The Hall–Kier alpha value is -1.87. The van der Waals surface area contributed by atoms with Gasteiger partial charge in [0.2, 0.25) is 5.91 Å². The zero-order chi connectivity index (χ0) is 19.8. The molecule has 27 heavy (non-hydrogen) atoms. The number of hydrogen-bond acceptors (Lipinski definition) is 5. The Kier molecular flexibility index (Phi) is 5.36. The molecule has 0 radical (unpaired) electrons. The van der Waals surface area contributed by atoms with Crippen molar-refractivity contribution >= 4 is 11.7 Å². The quantitative estimate of drug-likeness (QED) is 0.807. The summed E-state index contributed by atoms with van der Waals surface area (Å²) < 4.78 is 37.9. The summed E-state index contributed by atoms with van der Waals surface area (Å²) in [5, 5.41) is 20.0. The van der Waals surface area contributed by atoms with Crippen molar-refractivity contribution < 1.29 is 28.2 Å². The molecule has 2 aliphatic rings. The van der Waals surface area contributed by atoms with Crippen LogP contribution in [-0.2, 0) is 11.0 Å². The maximum Gasteiger partial charge on any atom is 0.417 e. The van der Waals surface area contributed by atoms with Crippen LogP contribution >= 0.6 is 0 Å². The minimum Gasteiger partial charge on any atom is -0.388 e. The van der Waals surface area contributed by atoms with E-state index in [2.05, 4.69) is 4.98 Å². The van der Waals surface area contributed by atoms with Crippen LogP contribution in [0.25, 0.3) is 0 Å². The summed E-state index contributed by atoms with van der Waals surface area (Å²) in [5.74, 6) is 0.244. The van der Waals surface area contributed by atoms with Gasteiger partial charge in [-0.1, -0.05) is 0 Å². The van der Waals surface area contributed by atoms with Crippen molar-refractivity contribution in [2.24, 2.45) is 5.92 Å². The van der Waals surface area contributed by atoms with E-state index in [1.807, 2.05) is 4.90 Å². The molecule has 2 unspecified atom stereocenters. The second-order valence-corrected chi connectivity index (χ2v) is 7.57. The molecular formula is C18H24F3N3O3. The minimum absolute atomic E-state index is 0.0374. The summed E-state index contributed by atoms with van der Waals surface area (Å²) in [6.45, 7) is 3.15. The fraction of sp³-hybridized carbons (Fsp3) is 0.667. The van der Waals surface area contributed by atoms with E-state index in [0.29, 0.717) is 44.7 Å². The van der Waals surface area contributed by atoms with Gasteiger partial charge in [-0.05, 0) is 38.3 Å². The van der Waals surface area contributed by atoms with Gasteiger partial charge in [-0.25, -0.2) is 4.98 Å². The number of carbonyl (C=O) groups is 1. The lowest BCUT2D eigenvalue weighted by atomic mass is 9.88. The standard InChI is InChI=1S/C18H24F3N3O3/c1-17(27)6-9-24(11-14(17)25)16(26)12-4-7-23(8-5-12)15-3-2-13(10-22-15)18(19,20)21/h2-3,10,12,14,25,27H,4-9,11H2,1H3. The molecule has 2 atom stereocenters. The van der Waals surface area contributed by atoms with Crippen molar-refractivity contribution in [1.82, 2.24) is 9.88 Å². The summed E-state index contributed by atoms with van der Waals surface area (Å²) in [6.07, 6.45) is -3.07. The second-order valence-electron chi connectivity index (χ2n) is 7.57. The highest BCUT2D eigenvalue weighted by Gasteiger charge is 2.40. The molecule has 6 nitrogen and oxygen atoms in total. The normalized spacial score (nSPS) is 27.7. The minimum atomic E-state index is -4.41. The molecule has 2 N–H and O–H groups in total. The molecule has 9 heteroatoms. The van der Waals surface area contributed by atoms with Crippen LogP contribution in [0.4, 0.5) is 19.0 Å². The number of hydrogen-bond donors (Lipinski definition) is 2. The van der Waals surface area contributed by atoms with Gasteiger partial charge in [-0.2, -0.15) is 13.2 Å². The Balaban J connectivity index is 1.55. The number of aliphatic hydroxyl groups excluding tert-OH is 1. The second kappa shape index (κ2) is 7.27. The largest absolute Gasteiger partial charge is 0.417 e. The number of anilines is 1. The highest BCUT2D eigenvalue weighted by Crippen LogP contribution is 2.31. The fourth-order valence-electron chi connectivity index (χ4n) is 3.58. The number of alkyl halides is 3. The van der Waals surface area contributed by atoms with Crippen LogP contribution in [0.3, 0.4) is 0 Å². The summed E-state index contributed by atoms with van der Waals surface area (Å²) >= 11 is 0. The number of β-amino-alcohol motifs (C(OH)–C–C–N with tert-alkyl or cyclic N) is 1. The number of amides is 1. The van der Waals surface area contributed by atoms with Gasteiger partial charge >= 0.3 is 6.18 Å². The first-order valence-electron chi connectivity index (χ1n) is 9.05. The lowest BCUT2D eigenvalue weighted by molar-refractivity contribution is -0.150. The van der Waals surface area contributed by atoms with Crippen molar-refractivity contribution in [3.05, 3.63) is 23.9 Å². The molecule has 1 amide bonds. The Morgan fingerprint density at radius 1 is 1.26 bits per heavy atom. The molecular weight excluding hydrogens is 363 g/mol. The maximum absolute atomic E-state index is 12.7. The van der Waals surface area contributed by atoms with Gasteiger partial charge in [0.1, 0.15) is 5.82 Å². The third-order valence-electron chi connectivity index (χ3n) is 5.55. The van der Waals surface area contributed by atoms with Gasteiger partial charge in [0.15, 0.2) is 0 Å². The first-order chi connectivity index (χ1) is 12.6. The molecule has 2 aliphatic heterocycles. The molecule has 150 valence electrons. The highest BCUT2D eigenvalue weighted by atomic mass is 19.4. The van der Waals surface area contributed by atoms with Crippen LogP contribution in [0, 0.1) is 5.92 Å². The number of pyridine rings is 1. The van der Waals surface area contributed by atoms with E-state index >= 15 is 0 Å². The van der Waals surface area contributed by atoms with E-state index in [0.717, 1.165) is 12.3 Å². The number of rotatable bonds is 2.